The number of fused-ring (bicyclic) bond motifs is 1. The Morgan fingerprint density at radius 1 is 0.821 bits per heavy atom. The zero-order valence-corrected chi connectivity index (χ0v) is 55.4. The number of aryl methyl sites for hydroxylation is 3. The molecule has 2 aromatic carbocycles. The van der Waals surface area contributed by atoms with Gasteiger partial charge in [-0.25, -0.2) is 18.2 Å². The summed E-state index contributed by atoms with van der Waals surface area (Å²) >= 11 is 0. The molecule has 13 N–H and O–H groups in total. The second-order valence-electron chi connectivity index (χ2n) is 22.6. The Bertz CT molecular complexity index is 3510. The number of carboxylic acid groups (broad SMARTS) is 3. The molecule has 0 spiro atoms. The topological polar surface area (TPSA) is 475 Å². The molecular formula is C59H89N12O22S2+. The van der Waals surface area contributed by atoms with Crippen LogP contribution in [0.5, 0.6) is 5.75 Å². The zero-order chi connectivity index (χ0) is 70.3. The minimum Gasteiger partial charge on any atom is -0.494 e. The number of carbonyl (C=O) groups excluding carboxylic acids is 4. The Morgan fingerprint density at radius 2 is 1.47 bits per heavy atom. The van der Waals surface area contributed by atoms with E-state index in [0.29, 0.717) is 56.2 Å². The highest BCUT2D eigenvalue weighted by Gasteiger charge is 2.32. The van der Waals surface area contributed by atoms with Crippen molar-refractivity contribution in [2.45, 2.75) is 63.1 Å². The van der Waals surface area contributed by atoms with Crippen LogP contribution < -0.4 is 41.5 Å². The SMILES string of the molecule is Cc1cc(OCCCC(=O)NCCCOCCOCCOCCCNC(=O)[C@H](CS(=O)(=O)O)NC(=CCN(CO)CC[N+](C)(CC(=O)O)CC(=O)CO)CN(C)CC(=O)O)cc(C)c1S(=O)(=O)NC(CNC(=O)c1cn(C)c2cc(CNc3ncc[nH]3)ccc2c1=O)C(=O)O. The summed E-state index contributed by atoms with van der Waals surface area (Å²) in [5.74, 6) is -6.66. The fourth-order valence-electron chi connectivity index (χ4n) is 9.67. The number of quaternary nitrogens is 1. The number of aliphatic hydroxyl groups excluding tert-OH is 2. The summed E-state index contributed by atoms with van der Waals surface area (Å²) in [7, 11) is -4.63. The molecular weight excluding hydrogens is 1290 g/mol. The van der Waals surface area contributed by atoms with Gasteiger partial charge in [0.15, 0.2) is 12.5 Å². The maximum absolute atomic E-state index is 13.6. The molecule has 2 heterocycles. The Hall–Kier alpha value is -8.01. The van der Waals surface area contributed by atoms with Crippen molar-refractivity contribution in [2.75, 3.05) is 150 Å². The van der Waals surface area contributed by atoms with Gasteiger partial charge in [0.05, 0.1) is 76.9 Å². The van der Waals surface area contributed by atoms with Gasteiger partial charge in [-0.15, -0.1) is 0 Å². The van der Waals surface area contributed by atoms with Crippen LogP contribution >= 0.6 is 0 Å². The van der Waals surface area contributed by atoms with Gasteiger partial charge in [0.25, 0.3) is 16.0 Å². The van der Waals surface area contributed by atoms with Crippen LogP contribution in [-0.4, -0.2) is 274 Å². The first-order valence-corrected chi connectivity index (χ1v) is 33.2. The maximum atomic E-state index is 13.6. The third-order valence-electron chi connectivity index (χ3n) is 14.2. The number of aliphatic carboxylic acids is 3. The molecule has 0 saturated carbocycles. The number of rotatable bonds is 49. The number of hydrogen-bond acceptors (Lipinski definition) is 23. The molecule has 0 fully saturated rings. The number of benzene rings is 2. The van der Waals surface area contributed by atoms with Crippen molar-refractivity contribution in [1.29, 1.82) is 0 Å². The fourth-order valence-corrected chi connectivity index (χ4v) is 12.0. The number of aromatic amines is 1. The molecule has 34 nitrogen and oxygen atoms in total. The van der Waals surface area contributed by atoms with Gasteiger partial charge < -0.3 is 85.1 Å². The lowest BCUT2D eigenvalue weighted by Gasteiger charge is -2.34. The highest BCUT2D eigenvalue weighted by Crippen LogP contribution is 2.26. The second-order valence-corrected chi connectivity index (χ2v) is 25.7. The minimum absolute atomic E-state index is 0.0355. The molecule has 2 aromatic heterocycles. The third-order valence-corrected chi connectivity index (χ3v) is 16.8. The van der Waals surface area contributed by atoms with Crippen molar-refractivity contribution in [3.05, 3.63) is 93.2 Å². The molecule has 2 unspecified atom stereocenters. The maximum Gasteiger partial charge on any atom is 0.359 e. The monoisotopic (exact) mass is 1380 g/mol. The number of likely N-dealkylation sites (N-methyl/N-ethyl adjacent to an activating group) is 2. The molecule has 0 aliphatic carbocycles. The van der Waals surface area contributed by atoms with Crippen LogP contribution in [0.4, 0.5) is 5.95 Å². The van der Waals surface area contributed by atoms with Gasteiger partial charge in [0.2, 0.25) is 33.0 Å². The number of amides is 3. The summed E-state index contributed by atoms with van der Waals surface area (Å²) in [5, 5.41) is 61.9. The molecule has 0 aliphatic heterocycles. The molecule has 0 saturated heterocycles. The molecule has 528 valence electrons. The van der Waals surface area contributed by atoms with E-state index in [1.165, 1.54) is 62.1 Å². The Morgan fingerprint density at radius 3 is 2.06 bits per heavy atom. The lowest BCUT2D eigenvalue weighted by molar-refractivity contribution is -0.894. The quantitative estimate of drug-likeness (QED) is 0.00981. The summed E-state index contributed by atoms with van der Waals surface area (Å²) in [6, 6.07) is 4.65. The third kappa shape index (κ3) is 29.3. The molecule has 4 aromatic rings. The number of hydrogen-bond donors (Lipinski definition) is 13. The van der Waals surface area contributed by atoms with E-state index in [2.05, 4.69) is 41.3 Å². The van der Waals surface area contributed by atoms with E-state index in [1.807, 2.05) is 0 Å². The lowest BCUT2D eigenvalue weighted by Crippen LogP contribution is -2.54. The molecule has 0 aliphatic rings. The van der Waals surface area contributed by atoms with Crippen LogP contribution in [0.2, 0.25) is 0 Å². The van der Waals surface area contributed by atoms with Gasteiger partial charge >= 0.3 is 17.9 Å². The number of pyridine rings is 1. The number of aromatic nitrogens is 3. The molecule has 36 heteroatoms. The summed E-state index contributed by atoms with van der Waals surface area (Å²) in [4.78, 5) is 109. The van der Waals surface area contributed by atoms with Gasteiger partial charge in [-0.05, 0) is 81.1 Å². The van der Waals surface area contributed by atoms with Gasteiger partial charge in [-0.2, -0.15) is 13.1 Å². The van der Waals surface area contributed by atoms with Crippen LogP contribution in [0.3, 0.4) is 0 Å². The van der Waals surface area contributed by atoms with Crippen molar-refractivity contribution in [3.8, 4) is 5.75 Å². The van der Waals surface area contributed by atoms with E-state index >= 15 is 0 Å². The summed E-state index contributed by atoms with van der Waals surface area (Å²) in [5.41, 5.74) is 1.14. The number of aliphatic hydroxyl groups is 2. The van der Waals surface area contributed by atoms with Gasteiger partial charge in [0, 0.05) is 95.6 Å². The standard InChI is InChI=1S/C59H88N12O22S2/c1-40-27-45(28-41(2)55(40)95(88,89)67-48(58(83)84)31-64-56(81)47-33-69(4)50-29-42(10-11-46(50)54(47)80)30-65-59-62-15-16-63-59)93-22-6-9-51(75)60-13-7-20-90-23-25-92-26-24-91-21-8-14-61-57(82)49(38-94(85,86)87)66-43(32-68(3)34-52(76)77)12-17-70(39-73)18-19-71(5,36-53(78)79)35-44(74)37-72/h10-12,15-16,27-29,33,48-49,66-67,72-73H,6-9,13-14,17-26,30-32,34-39H2,1-5H3,(H8-,60,61,62,63,64,65,75,76,77,78,79,81,82,83,84,85,86,87)/p+1/t48?,49-,71?/m0/s1. The average Bonchev–Trinajstić information content (AvgIpc) is 0.983. The predicted molar refractivity (Wildman–Crippen MR) is 343 cm³/mol. The first-order chi connectivity index (χ1) is 44.9. The lowest BCUT2D eigenvalue weighted by atomic mass is 10.1. The highest BCUT2D eigenvalue weighted by molar-refractivity contribution is 7.89. The van der Waals surface area contributed by atoms with E-state index in [0.717, 1.165) is 5.56 Å². The highest BCUT2D eigenvalue weighted by atomic mass is 32.2. The summed E-state index contributed by atoms with van der Waals surface area (Å²) in [6.07, 6.45) is 7.33. The molecule has 3 amide bonds. The number of carbonyl (C=O) groups is 7. The van der Waals surface area contributed by atoms with Crippen LogP contribution in [0, 0.1) is 13.8 Å². The first kappa shape index (κ1) is 79.4. The number of Topliss-reactive ketones (excluding diaryl/α,β-unsaturated/α-hetero) is 1. The van der Waals surface area contributed by atoms with E-state index in [9.17, 15) is 85.3 Å². The summed E-state index contributed by atoms with van der Waals surface area (Å²) < 4.78 is 86.9. The van der Waals surface area contributed by atoms with Crippen molar-refractivity contribution >= 4 is 78.4 Å². The largest absolute Gasteiger partial charge is 0.494 e. The number of sulfonamides is 1. The van der Waals surface area contributed by atoms with Crippen molar-refractivity contribution in [1.82, 2.24) is 50.3 Å². The fraction of sp³-hybridized carbons (Fsp3) is 0.542. The first-order valence-electron chi connectivity index (χ1n) is 30.2. The normalized spacial score (nSPS) is 13.3. The van der Waals surface area contributed by atoms with E-state index < -0.39 is 112 Å². The van der Waals surface area contributed by atoms with Crippen molar-refractivity contribution < 1.29 is 104 Å². The number of nitrogens with one attached hydrogen (secondary N) is 7. The number of anilines is 1. The van der Waals surface area contributed by atoms with Gasteiger partial charge in [-0.3, -0.25) is 47.9 Å². The van der Waals surface area contributed by atoms with E-state index in [-0.39, 0.29) is 128 Å². The van der Waals surface area contributed by atoms with Crippen LogP contribution in [0.1, 0.15) is 52.7 Å². The van der Waals surface area contributed by atoms with E-state index in [1.54, 1.807) is 42.2 Å². The van der Waals surface area contributed by atoms with Crippen LogP contribution in [0.25, 0.3) is 10.9 Å². The summed E-state index contributed by atoms with van der Waals surface area (Å²) in [6.45, 7) is 2.01. The zero-order valence-electron chi connectivity index (χ0n) is 53.8. The predicted octanol–water partition coefficient (Wildman–Crippen LogP) is -2.04. The van der Waals surface area contributed by atoms with Crippen LogP contribution in [-0.2, 0) is 76.7 Å². The number of nitrogens with zero attached hydrogens (tertiary/aromatic N) is 5. The van der Waals surface area contributed by atoms with Gasteiger partial charge in [-0.1, -0.05) is 12.1 Å². The average molecular weight is 1380 g/mol. The minimum atomic E-state index is -4.74. The second kappa shape index (κ2) is 39.8. The van der Waals surface area contributed by atoms with E-state index in [4.69, 9.17) is 18.9 Å². The molecule has 4 rings (SSSR count). The van der Waals surface area contributed by atoms with Crippen molar-refractivity contribution in [3.63, 3.8) is 0 Å². The van der Waals surface area contributed by atoms with Crippen molar-refractivity contribution in [2.24, 2.45) is 7.05 Å². The van der Waals surface area contributed by atoms with Gasteiger partial charge in [0.1, 0.15) is 42.3 Å². The molecule has 0 bridgehead atoms. The number of carboxylic acids is 3. The molecule has 0 radical (unpaired) electrons. The number of ether oxygens (including phenoxy) is 4. The Kier molecular flexibility index (Phi) is 33.2. The number of H-pyrrole nitrogens is 1. The van der Waals surface area contributed by atoms with Crippen LogP contribution in [0.15, 0.2) is 70.4 Å². The number of ketones is 1. The smallest absolute Gasteiger partial charge is 0.359 e. The Labute approximate surface area is 549 Å². The Balaban J connectivity index is 1.09. The number of imidazole rings is 1. The molecule has 95 heavy (non-hydrogen) atoms. The molecule has 3 atom stereocenters.